The molecule has 154 valence electrons. The molecule has 7 nitrogen and oxygen atoms in total. The van der Waals surface area contributed by atoms with Gasteiger partial charge in [-0.15, -0.1) is 0 Å². The molecule has 2 amide bonds. The molecule has 0 aliphatic rings. The molecule has 0 aliphatic heterocycles. The minimum atomic E-state index is -0.614. The molecule has 1 aromatic heterocycles. The van der Waals surface area contributed by atoms with Crippen molar-refractivity contribution in [2.75, 3.05) is 0 Å². The molecule has 3 rings (SSSR count). The predicted molar refractivity (Wildman–Crippen MR) is 113 cm³/mol. The SMILES string of the molecule is CC(C)C(NC(=O)c1ccc(-c2ccccc2)[nH]c1=O)c1ccc(C(=O)NO)cc1. The zero-order valence-corrected chi connectivity index (χ0v) is 16.7. The van der Waals surface area contributed by atoms with E-state index in [0.717, 1.165) is 11.1 Å². The molecule has 2 aromatic carbocycles. The van der Waals surface area contributed by atoms with Crippen LogP contribution in [0.3, 0.4) is 0 Å². The molecule has 4 N–H and O–H groups in total. The van der Waals surface area contributed by atoms with E-state index in [1.54, 1.807) is 35.8 Å². The quantitative estimate of drug-likeness (QED) is 0.372. The van der Waals surface area contributed by atoms with Crippen LogP contribution >= 0.6 is 0 Å². The maximum absolute atomic E-state index is 12.8. The predicted octanol–water partition coefficient (Wildman–Crippen LogP) is 3.29. The Kier molecular flexibility index (Phi) is 6.44. The number of rotatable bonds is 6. The second kappa shape index (κ2) is 9.19. The first kappa shape index (κ1) is 21.0. The second-order valence-corrected chi connectivity index (χ2v) is 7.24. The molecular weight excluding hydrogens is 382 g/mol. The van der Waals surface area contributed by atoms with Crippen LogP contribution in [0.4, 0.5) is 0 Å². The maximum Gasteiger partial charge on any atom is 0.274 e. The minimum absolute atomic E-state index is 0.0246. The van der Waals surface area contributed by atoms with Gasteiger partial charge in [0.2, 0.25) is 0 Å². The fraction of sp³-hybridized carbons (Fsp3) is 0.174. The molecule has 7 heteroatoms. The summed E-state index contributed by atoms with van der Waals surface area (Å²) in [4.78, 5) is 39.6. The summed E-state index contributed by atoms with van der Waals surface area (Å²) in [6.07, 6.45) is 0. The number of hydrogen-bond donors (Lipinski definition) is 4. The van der Waals surface area contributed by atoms with Crippen molar-refractivity contribution in [2.24, 2.45) is 5.92 Å². The van der Waals surface area contributed by atoms with Crippen molar-refractivity contribution in [1.29, 1.82) is 0 Å². The first-order chi connectivity index (χ1) is 14.4. The van der Waals surface area contributed by atoms with Crippen LogP contribution in [0.15, 0.2) is 71.5 Å². The Labute approximate surface area is 173 Å². The number of aromatic amines is 1. The highest BCUT2D eigenvalue weighted by atomic mass is 16.5. The van der Waals surface area contributed by atoms with Crippen LogP contribution in [0.2, 0.25) is 0 Å². The van der Waals surface area contributed by atoms with E-state index in [4.69, 9.17) is 5.21 Å². The number of carbonyl (C=O) groups excluding carboxylic acids is 2. The zero-order valence-electron chi connectivity index (χ0n) is 16.7. The fourth-order valence-electron chi connectivity index (χ4n) is 3.20. The van der Waals surface area contributed by atoms with Crippen LogP contribution in [-0.2, 0) is 0 Å². The van der Waals surface area contributed by atoms with E-state index in [-0.39, 0.29) is 17.5 Å². The molecule has 0 radical (unpaired) electrons. The van der Waals surface area contributed by atoms with Crippen molar-refractivity contribution in [3.63, 3.8) is 0 Å². The number of amides is 2. The highest BCUT2D eigenvalue weighted by Crippen LogP contribution is 2.23. The van der Waals surface area contributed by atoms with E-state index in [2.05, 4.69) is 10.3 Å². The Morgan fingerprint density at radius 2 is 1.57 bits per heavy atom. The summed E-state index contributed by atoms with van der Waals surface area (Å²) in [6, 6.07) is 18.8. The van der Waals surface area contributed by atoms with Gasteiger partial charge in [-0.3, -0.25) is 19.6 Å². The monoisotopic (exact) mass is 405 g/mol. The summed E-state index contributed by atoms with van der Waals surface area (Å²) in [7, 11) is 0. The van der Waals surface area contributed by atoms with Gasteiger partial charge in [0.25, 0.3) is 17.4 Å². The first-order valence-electron chi connectivity index (χ1n) is 9.54. The lowest BCUT2D eigenvalue weighted by atomic mass is 9.94. The molecule has 1 unspecified atom stereocenters. The number of hydroxylamine groups is 1. The molecule has 0 saturated heterocycles. The van der Waals surface area contributed by atoms with Gasteiger partial charge in [0.1, 0.15) is 5.56 Å². The number of nitrogens with one attached hydrogen (secondary N) is 3. The summed E-state index contributed by atoms with van der Waals surface area (Å²) in [6.45, 7) is 3.89. The molecule has 1 atom stereocenters. The van der Waals surface area contributed by atoms with Crippen molar-refractivity contribution in [2.45, 2.75) is 19.9 Å². The standard InChI is InChI=1S/C23H23N3O4/c1-14(2)20(16-8-10-17(11-9-16)21(27)26-30)25-23(29)18-12-13-19(24-22(18)28)15-6-4-3-5-7-15/h3-14,20,30H,1-2H3,(H,24,28)(H,25,29)(H,26,27). The lowest BCUT2D eigenvalue weighted by molar-refractivity contribution is 0.0706. The van der Waals surface area contributed by atoms with Gasteiger partial charge in [0, 0.05) is 11.3 Å². The van der Waals surface area contributed by atoms with Crippen LogP contribution in [0.25, 0.3) is 11.3 Å². The molecule has 0 aliphatic carbocycles. The van der Waals surface area contributed by atoms with E-state index in [0.29, 0.717) is 11.3 Å². The van der Waals surface area contributed by atoms with E-state index in [9.17, 15) is 14.4 Å². The van der Waals surface area contributed by atoms with Gasteiger partial charge in [-0.25, -0.2) is 5.48 Å². The molecule has 30 heavy (non-hydrogen) atoms. The number of aromatic nitrogens is 1. The first-order valence-corrected chi connectivity index (χ1v) is 9.54. The Morgan fingerprint density at radius 3 is 2.13 bits per heavy atom. The zero-order chi connectivity index (χ0) is 21.7. The molecular formula is C23H23N3O4. The molecule has 0 fully saturated rings. The van der Waals surface area contributed by atoms with Crippen molar-refractivity contribution >= 4 is 11.8 Å². The van der Waals surface area contributed by atoms with Gasteiger partial charge in [-0.05, 0) is 41.3 Å². The number of hydrogen-bond acceptors (Lipinski definition) is 4. The van der Waals surface area contributed by atoms with Crippen molar-refractivity contribution < 1.29 is 14.8 Å². The van der Waals surface area contributed by atoms with Gasteiger partial charge in [0.05, 0.1) is 6.04 Å². The van der Waals surface area contributed by atoms with Gasteiger partial charge < -0.3 is 10.3 Å². The van der Waals surface area contributed by atoms with Gasteiger partial charge in [0.15, 0.2) is 0 Å². The van der Waals surface area contributed by atoms with Crippen LogP contribution in [0.1, 0.15) is 46.2 Å². The Bertz CT molecular complexity index is 1090. The average Bonchev–Trinajstić information content (AvgIpc) is 2.77. The van der Waals surface area contributed by atoms with E-state index in [1.165, 1.54) is 6.07 Å². The molecule has 0 bridgehead atoms. The lowest BCUT2D eigenvalue weighted by Gasteiger charge is -2.23. The van der Waals surface area contributed by atoms with Crippen molar-refractivity contribution in [3.05, 3.63) is 93.8 Å². The molecule has 3 aromatic rings. The summed E-state index contributed by atoms with van der Waals surface area (Å²) < 4.78 is 0. The average molecular weight is 405 g/mol. The topological polar surface area (TPSA) is 111 Å². The fourth-order valence-corrected chi connectivity index (χ4v) is 3.20. The molecule has 0 spiro atoms. The number of H-pyrrole nitrogens is 1. The van der Waals surface area contributed by atoms with Gasteiger partial charge in [-0.2, -0.15) is 0 Å². The van der Waals surface area contributed by atoms with Crippen LogP contribution in [0, 0.1) is 5.92 Å². The Morgan fingerprint density at radius 1 is 0.900 bits per heavy atom. The largest absolute Gasteiger partial charge is 0.345 e. The minimum Gasteiger partial charge on any atom is -0.345 e. The third-order valence-electron chi connectivity index (χ3n) is 4.83. The third-order valence-corrected chi connectivity index (χ3v) is 4.83. The highest BCUT2D eigenvalue weighted by Gasteiger charge is 2.21. The highest BCUT2D eigenvalue weighted by molar-refractivity contribution is 5.94. The number of carbonyl (C=O) groups is 2. The van der Waals surface area contributed by atoms with E-state index >= 15 is 0 Å². The van der Waals surface area contributed by atoms with Crippen LogP contribution in [-0.4, -0.2) is 22.0 Å². The smallest absolute Gasteiger partial charge is 0.274 e. The normalized spacial score (nSPS) is 11.7. The Hall–Kier alpha value is -3.71. The molecule has 0 saturated carbocycles. The molecule has 1 heterocycles. The summed E-state index contributed by atoms with van der Waals surface area (Å²) in [5.74, 6) is -1.06. The van der Waals surface area contributed by atoms with E-state index < -0.39 is 17.4 Å². The maximum atomic E-state index is 12.8. The summed E-state index contributed by atoms with van der Waals surface area (Å²) >= 11 is 0. The van der Waals surface area contributed by atoms with E-state index in [1.807, 2.05) is 44.2 Å². The van der Waals surface area contributed by atoms with Crippen LogP contribution in [0.5, 0.6) is 0 Å². The number of pyridine rings is 1. The van der Waals surface area contributed by atoms with Crippen molar-refractivity contribution in [3.8, 4) is 11.3 Å². The van der Waals surface area contributed by atoms with Crippen LogP contribution < -0.4 is 16.4 Å². The van der Waals surface area contributed by atoms with Crippen molar-refractivity contribution in [1.82, 2.24) is 15.8 Å². The summed E-state index contributed by atoms with van der Waals surface area (Å²) in [5, 5.41) is 11.6. The number of benzene rings is 2. The second-order valence-electron chi connectivity index (χ2n) is 7.24. The lowest BCUT2D eigenvalue weighted by Crippen LogP contribution is -2.35. The van der Waals surface area contributed by atoms with Gasteiger partial charge >= 0.3 is 0 Å². The Balaban J connectivity index is 1.82. The third kappa shape index (κ3) is 4.64. The van der Waals surface area contributed by atoms with Gasteiger partial charge in [-0.1, -0.05) is 56.3 Å². The summed E-state index contributed by atoms with van der Waals surface area (Å²) in [5.41, 5.74) is 3.71.